The Balaban J connectivity index is 1.91. The molecule has 0 atom stereocenters. The molecule has 1 heterocycles. The number of aryl methyl sites for hydroxylation is 1. The molecule has 0 bridgehead atoms. The highest BCUT2D eigenvalue weighted by atomic mass is 35.5. The molecule has 0 saturated carbocycles. The van der Waals surface area contributed by atoms with Gasteiger partial charge in [0.2, 0.25) is 0 Å². The first-order chi connectivity index (χ1) is 10.1. The maximum absolute atomic E-state index is 6.14. The van der Waals surface area contributed by atoms with Gasteiger partial charge in [0.25, 0.3) is 0 Å². The van der Waals surface area contributed by atoms with Crippen LogP contribution >= 0.6 is 11.6 Å². The van der Waals surface area contributed by atoms with E-state index in [-0.39, 0.29) is 0 Å². The number of aromatic nitrogens is 1. The van der Waals surface area contributed by atoms with Crippen LogP contribution in [0.3, 0.4) is 0 Å². The predicted molar refractivity (Wildman–Crippen MR) is 87.7 cm³/mol. The minimum Gasteiger partial charge on any atom is -0.441 e. The fraction of sp³-hybridized carbons (Fsp3) is 0.471. The maximum Gasteiger partial charge on any atom is 0.194 e. The third-order valence-electron chi connectivity index (χ3n) is 3.38. The fourth-order valence-electron chi connectivity index (χ4n) is 2.18. The summed E-state index contributed by atoms with van der Waals surface area (Å²) < 4.78 is 5.84. The Morgan fingerprint density at radius 1 is 1.33 bits per heavy atom. The number of nitrogens with one attached hydrogen (secondary N) is 1. The van der Waals surface area contributed by atoms with Crippen molar-refractivity contribution in [2.45, 2.75) is 33.6 Å². The van der Waals surface area contributed by atoms with Gasteiger partial charge in [0.1, 0.15) is 0 Å². The highest BCUT2D eigenvalue weighted by Gasteiger charge is 2.10. The SMILES string of the molecule is Cc1c(Cl)cccc1-c1cnc(CCCNCC(C)C)o1. The van der Waals surface area contributed by atoms with E-state index in [2.05, 4.69) is 24.1 Å². The van der Waals surface area contributed by atoms with Crippen LogP contribution in [0.15, 0.2) is 28.8 Å². The average molecular weight is 307 g/mol. The van der Waals surface area contributed by atoms with Crippen LogP contribution in [0.4, 0.5) is 0 Å². The molecule has 0 saturated heterocycles. The van der Waals surface area contributed by atoms with Gasteiger partial charge in [-0.2, -0.15) is 0 Å². The minimum atomic E-state index is 0.684. The first-order valence-electron chi connectivity index (χ1n) is 7.49. The summed E-state index contributed by atoms with van der Waals surface area (Å²) in [4.78, 5) is 4.36. The topological polar surface area (TPSA) is 38.1 Å². The smallest absolute Gasteiger partial charge is 0.194 e. The van der Waals surface area contributed by atoms with E-state index in [4.69, 9.17) is 16.0 Å². The summed E-state index contributed by atoms with van der Waals surface area (Å²) in [6, 6.07) is 5.83. The Bertz CT molecular complexity index is 578. The van der Waals surface area contributed by atoms with E-state index in [1.807, 2.05) is 25.1 Å². The molecule has 0 radical (unpaired) electrons. The number of benzene rings is 1. The van der Waals surface area contributed by atoms with Crippen molar-refractivity contribution in [3.63, 3.8) is 0 Å². The Kier molecular flexibility index (Phi) is 5.83. The van der Waals surface area contributed by atoms with Crippen LogP contribution in [0, 0.1) is 12.8 Å². The van der Waals surface area contributed by atoms with Gasteiger partial charge >= 0.3 is 0 Å². The highest BCUT2D eigenvalue weighted by molar-refractivity contribution is 6.31. The van der Waals surface area contributed by atoms with Crippen molar-refractivity contribution in [3.8, 4) is 11.3 Å². The summed E-state index contributed by atoms with van der Waals surface area (Å²) in [6.45, 7) is 8.46. The van der Waals surface area contributed by atoms with E-state index in [1.165, 1.54) is 0 Å². The standard InChI is InChI=1S/C17H23ClN2O/c1-12(2)10-19-9-5-8-17-20-11-16(21-17)14-6-4-7-15(18)13(14)3/h4,6-7,11-12,19H,5,8-10H2,1-3H3. The number of hydrogen-bond acceptors (Lipinski definition) is 3. The lowest BCUT2D eigenvalue weighted by Crippen LogP contribution is -2.21. The Labute approximate surface area is 131 Å². The van der Waals surface area contributed by atoms with E-state index in [9.17, 15) is 0 Å². The quantitative estimate of drug-likeness (QED) is 0.766. The van der Waals surface area contributed by atoms with Gasteiger partial charge in [-0.05, 0) is 44.0 Å². The lowest BCUT2D eigenvalue weighted by Gasteiger charge is -2.06. The van der Waals surface area contributed by atoms with E-state index in [0.29, 0.717) is 5.92 Å². The zero-order chi connectivity index (χ0) is 15.2. The molecule has 114 valence electrons. The zero-order valence-corrected chi connectivity index (χ0v) is 13.7. The summed E-state index contributed by atoms with van der Waals surface area (Å²) in [5, 5.41) is 4.18. The largest absolute Gasteiger partial charge is 0.441 e. The molecule has 4 heteroatoms. The second kappa shape index (κ2) is 7.62. The highest BCUT2D eigenvalue weighted by Crippen LogP contribution is 2.28. The summed E-state index contributed by atoms with van der Waals surface area (Å²) in [7, 11) is 0. The van der Waals surface area contributed by atoms with Crippen LogP contribution in [0.25, 0.3) is 11.3 Å². The normalized spacial score (nSPS) is 11.3. The molecule has 1 N–H and O–H groups in total. The fourth-order valence-corrected chi connectivity index (χ4v) is 2.35. The molecule has 0 aliphatic carbocycles. The first kappa shape index (κ1) is 16.1. The maximum atomic E-state index is 6.14. The average Bonchev–Trinajstić information content (AvgIpc) is 2.90. The van der Waals surface area contributed by atoms with Crippen LogP contribution < -0.4 is 5.32 Å². The van der Waals surface area contributed by atoms with Gasteiger partial charge in [0.05, 0.1) is 6.20 Å². The van der Waals surface area contributed by atoms with Crippen LogP contribution in [-0.2, 0) is 6.42 Å². The molecule has 2 rings (SSSR count). The third kappa shape index (κ3) is 4.58. The number of rotatable bonds is 7. The Morgan fingerprint density at radius 2 is 2.14 bits per heavy atom. The van der Waals surface area contributed by atoms with Crippen molar-refractivity contribution in [2.75, 3.05) is 13.1 Å². The van der Waals surface area contributed by atoms with E-state index in [0.717, 1.165) is 53.7 Å². The van der Waals surface area contributed by atoms with Crippen LogP contribution in [0.1, 0.15) is 31.7 Å². The molecule has 3 nitrogen and oxygen atoms in total. The first-order valence-corrected chi connectivity index (χ1v) is 7.86. The molecule has 21 heavy (non-hydrogen) atoms. The lowest BCUT2D eigenvalue weighted by molar-refractivity contribution is 0.483. The second-order valence-electron chi connectivity index (χ2n) is 5.73. The van der Waals surface area contributed by atoms with Crippen molar-refractivity contribution in [1.29, 1.82) is 0 Å². The molecule has 0 spiro atoms. The summed E-state index contributed by atoms with van der Waals surface area (Å²) in [5.41, 5.74) is 2.04. The van der Waals surface area contributed by atoms with Crippen molar-refractivity contribution in [2.24, 2.45) is 5.92 Å². The van der Waals surface area contributed by atoms with Crippen LogP contribution in [0.2, 0.25) is 5.02 Å². The van der Waals surface area contributed by atoms with Gasteiger partial charge in [-0.1, -0.05) is 37.6 Å². The predicted octanol–water partition coefficient (Wildman–Crippen LogP) is 4.48. The second-order valence-corrected chi connectivity index (χ2v) is 6.14. The van der Waals surface area contributed by atoms with E-state index < -0.39 is 0 Å². The molecule has 0 fully saturated rings. The molecule has 2 aromatic rings. The molecule has 0 unspecified atom stereocenters. The van der Waals surface area contributed by atoms with Gasteiger partial charge in [0, 0.05) is 17.0 Å². The van der Waals surface area contributed by atoms with Gasteiger partial charge < -0.3 is 9.73 Å². The molecule has 0 amide bonds. The van der Waals surface area contributed by atoms with Gasteiger partial charge in [-0.15, -0.1) is 0 Å². The van der Waals surface area contributed by atoms with Crippen molar-refractivity contribution in [1.82, 2.24) is 10.3 Å². The Morgan fingerprint density at radius 3 is 2.90 bits per heavy atom. The summed E-state index contributed by atoms with van der Waals surface area (Å²) in [5.74, 6) is 2.26. The molecule has 1 aromatic carbocycles. The lowest BCUT2D eigenvalue weighted by atomic mass is 10.1. The number of nitrogens with zero attached hydrogens (tertiary/aromatic N) is 1. The van der Waals surface area contributed by atoms with E-state index in [1.54, 1.807) is 6.20 Å². The third-order valence-corrected chi connectivity index (χ3v) is 3.79. The molecule has 0 aliphatic rings. The molecular formula is C17H23ClN2O. The summed E-state index contributed by atoms with van der Waals surface area (Å²) >= 11 is 6.14. The number of oxazole rings is 1. The van der Waals surface area contributed by atoms with E-state index >= 15 is 0 Å². The number of hydrogen-bond donors (Lipinski definition) is 1. The molecule has 0 aliphatic heterocycles. The molecule has 1 aromatic heterocycles. The van der Waals surface area contributed by atoms with Crippen molar-refractivity contribution in [3.05, 3.63) is 40.9 Å². The summed E-state index contributed by atoms with van der Waals surface area (Å²) in [6.07, 6.45) is 3.67. The van der Waals surface area contributed by atoms with Crippen molar-refractivity contribution < 1.29 is 4.42 Å². The van der Waals surface area contributed by atoms with Crippen LogP contribution in [-0.4, -0.2) is 18.1 Å². The molecular weight excluding hydrogens is 284 g/mol. The zero-order valence-electron chi connectivity index (χ0n) is 12.9. The monoisotopic (exact) mass is 306 g/mol. The minimum absolute atomic E-state index is 0.684. The van der Waals surface area contributed by atoms with Crippen molar-refractivity contribution >= 4 is 11.6 Å². The van der Waals surface area contributed by atoms with Gasteiger partial charge in [-0.25, -0.2) is 4.98 Å². The number of halogens is 1. The van der Waals surface area contributed by atoms with Crippen LogP contribution in [0.5, 0.6) is 0 Å². The Hall–Kier alpha value is -1.32. The van der Waals surface area contributed by atoms with Gasteiger partial charge in [-0.3, -0.25) is 0 Å². The van der Waals surface area contributed by atoms with Gasteiger partial charge in [0.15, 0.2) is 11.7 Å².